The van der Waals surface area contributed by atoms with Crippen molar-refractivity contribution in [3.8, 4) is 0 Å². The fourth-order valence-corrected chi connectivity index (χ4v) is 4.17. The summed E-state index contributed by atoms with van der Waals surface area (Å²) in [5, 5.41) is 3.58. The van der Waals surface area contributed by atoms with E-state index in [-0.39, 0.29) is 0 Å². The maximum absolute atomic E-state index is 3.58. The molecule has 1 aromatic carbocycles. The largest absolute Gasteiger partial charge is 0.378 e. The van der Waals surface area contributed by atoms with Crippen LogP contribution in [-0.4, -0.2) is 69.2 Å². The molecule has 24 heavy (non-hydrogen) atoms. The maximum atomic E-state index is 3.58. The summed E-state index contributed by atoms with van der Waals surface area (Å²) in [6.45, 7) is 9.45. The van der Waals surface area contributed by atoms with E-state index in [1.165, 1.54) is 50.1 Å². The highest BCUT2D eigenvalue weighted by Gasteiger charge is 2.30. The van der Waals surface area contributed by atoms with Crippen molar-refractivity contribution >= 4 is 5.69 Å². The van der Waals surface area contributed by atoms with Gasteiger partial charge in [0.05, 0.1) is 0 Å². The molecular weight excluding hydrogens is 296 g/mol. The first-order chi connectivity index (χ1) is 11.7. The highest BCUT2D eigenvalue weighted by atomic mass is 15.3. The fraction of sp³-hybridized carbons (Fsp3) is 0.700. The summed E-state index contributed by atoms with van der Waals surface area (Å²) >= 11 is 0. The Kier molecular flexibility index (Phi) is 6.14. The molecular formula is C20H34N4. The van der Waals surface area contributed by atoms with Crippen molar-refractivity contribution in [2.24, 2.45) is 0 Å². The van der Waals surface area contributed by atoms with Gasteiger partial charge in [0, 0.05) is 58.0 Å². The van der Waals surface area contributed by atoms with Gasteiger partial charge in [0.25, 0.3) is 0 Å². The Hall–Kier alpha value is -1.10. The molecule has 2 saturated heterocycles. The third kappa shape index (κ3) is 4.11. The van der Waals surface area contributed by atoms with E-state index < -0.39 is 0 Å². The lowest BCUT2D eigenvalue weighted by Gasteiger charge is -2.43. The summed E-state index contributed by atoms with van der Waals surface area (Å²) in [7, 11) is 4.22. The first-order valence-electron chi connectivity index (χ1n) is 9.65. The van der Waals surface area contributed by atoms with E-state index in [4.69, 9.17) is 0 Å². The molecule has 1 N–H and O–H groups in total. The van der Waals surface area contributed by atoms with Crippen molar-refractivity contribution in [3.05, 3.63) is 29.8 Å². The number of rotatable bonds is 6. The summed E-state index contributed by atoms with van der Waals surface area (Å²) < 4.78 is 0. The predicted octanol–water partition coefficient (Wildman–Crippen LogP) is 2.57. The van der Waals surface area contributed by atoms with Crippen LogP contribution in [0, 0.1) is 0 Å². The minimum Gasteiger partial charge on any atom is -0.378 e. The van der Waals surface area contributed by atoms with Gasteiger partial charge < -0.3 is 15.1 Å². The minimum atomic E-state index is 0.520. The van der Waals surface area contributed by atoms with Crippen molar-refractivity contribution in [1.82, 2.24) is 15.1 Å². The molecule has 134 valence electrons. The van der Waals surface area contributed by atoms with Crippen molar-refractivity contribution in [2.75, 3.05) is 58.3 Å². The van der Waals surface area contributed by atoms with Gasteiger partial charge in [-0.3, -0.25) is 4.90 Å². The summed E-state index contributed by atoms with van der Waals surface area (Å²) in [4.78, 5) is 7.61. The van der Waals surface area contributed by atoms with Crippen LogP contribution < -0.4 is 10.2 Å². The number of nitrogens with one attached hydrogen (secondary N) is 1. The number of piperazine rings is 1. The number of nitrogens with zero attached hydrogens (tertiary/aromatic N) is 3. The summed E-state index contributed by atoms with van der Waals surface area (Å²) in [5.41, 5.74) is 2.76. The smallest absolute Gasteiger partial charge is 0.0479 e. The molecule has 0 aliphatic carbocycles. The average Bonchev–Trinajstić information content (AvgIpc) is 3.13. The number of hydrogen-bond acceptors (Lipinski definition) is 4. The molecule has 0 radical (unpaired) electrons. The van der Waals surface area contributed by atoms with Crippen LogP contribution in [0.5, 0.6) is 0 Å². The minimum absolute atomic E-state index is 0.520. The molecule has 0 aromatic heterocycles. The third-order valence-electron chi connectivity index (χ3n) is 5.69. The Morgan fingerprint density at radius 3 is 2.46 bits per heavy atom. The van der Waals surface area contributed by atoms with Crippen LogP contribution in [-0.2, 0) is 0 Å². The molecule has 2 aliphatic heterocycles. The van der Waals surface area contributed by atoms with Crippen LogP contribution in [0.15, 0.2) is 24.3 Å². The quantitative estimate of drug-likeness (QED) is 0.865. The van der Waals surface area contributed by atoms with Gasteiger partial charge in [-0.2, -0.15) is 0 Å². The van der Waals surface area contributed by atoms with Gasteiger partial charge in [-0.15, -0.1) is 0 Å². The zero-order chi connectivity index (χ0) is 16.9. The number of benzene rings is 1. The van der Waals surface area contributed by atoms with Crippen LogP contribution in [0.4, 0.5) is 5.69 Å². The normalized spacial score (nSPS) is 24.2. The van der Waals surface area contributed by atoms with E-state index in [2.05, 4.69) is 65.3 Å². The third-order valence-corrected chi connectivity index (χ3v) is 5.69. The molecule has 2 fully saturated rings. The van der Waals surface area contributed by atoms with Crippen LogP contribution >= 0.6 is 0 Å². The van der Waals surface area contributed by atoms with Gasteiger partial charge in [0.1, 0.15) is 0 Å². The highest BCUT2D eigenvalue weighted by molar-refractivity contribution is 5.46. The van der Waals surface area contributed by atoms with Crippen LogP contribution in [0.25, 0.3) is 0 Å². The highest BCUT2D eigenvalue weighted by Crippen LogP contribution is 2.28. The van der Waals surface area contributed by atoms with Crippen molar-refractivity contribution in [3.63, 3.8) is 0 Å². The SMILES string of the molecule is CCC1CNCCN1C(CN1CCCC1)c1ccc(N(C)C)cc1. The van der Waals surface area contributed by atoms with Gasteiger partial charge in [-0.25, -0.2) is 0 Å². The monoisotopic (exact) mass is 330 g/mol. The number of anilines is 1. The molecule has 0 bridgehead atoms. The molecule has 4 heteroatoms. The Balaban J connectivity index is 1.82. The molecule has 1 aromatic rings. The van der Waals surface area contributed by atoms with E-state index in [1.807, 2.05) is 0 Å². The zero-order valence-electron chi connectivity index (χ0n) is 15.7. The topological polar surface area (TPSA) is 21.8 Å². The first-order valence-corrected chi connectivity index (χ1v) is 9.65. The molecule has 3 rings (SSSR count). The van der Waals surface area contributed by atoms with Gasteiger partial charge in [0.2, 0.25) is 0 Å². The second-order valence-corrected chi connectivity index (χ2v) is 7.51. The molecule has 2 unspecified atom stereocenters. The fourth-order valence-electron chi connectivity index (χ4n) is 4.17. The lowest BCUT2D eigenvalue weighted by Crippen LogP contribution is -2.53. The Morgan fingerprint density at radius 2 is 1.83 bits per heavy atom. The van der Waals surface area contributed by atoms with E-state index in [0.29, 0.717) is 12.1 Å². The Morgan fingerprint density at radius 1 is 1.12 bits per heavy atom. The summed E-state index contributed by atoms with van der Waals surface area (Å²) in [6.07, 6.45) is 3.95. The summed E-state index contributed by atoms with van der Waals surface area (Å²) in [6, 6.07) is 10.4. The average molecular weight is 331 g/mol. The second kappa shape index (κ2) is 8.32. The van der Waals surface area contributed by atoms with Crippen LogP contribution in [0.3, 0.4) is 0 Å². The molecule has 2 aliphatic rings. The summed E-state index contributed by atoms with van der Waals surface area (Å²) in [5.74, 6) is 0. The van der Waals surface area contributed by atoms with Crippen LogP contribution in [0.2, 0.25) is 0 Å². The van der Waals surface area contributed by atoms with Gasteiger partial charge in [0.15, 0.2) is 0 Å². The standard InChI is InChI=1S/C20H34N4/c1-4-18-15-21-11-14-24(18)20(16-23-12-5-6-13-23)17-7-9-19(10-8-17)22(2)3/h7-10,18,20-21H,4-6,11-16H2,1-3H3. The van der Waals surface area contributed by atoms with Crippen molar-refractivity contribution in [2.45, 2.75) is 38.3 Å². The molecule has 2 heterocycles. The Bertz CT molecular complexity index is 493. The van der Waals surface area contributed by atoms with Gasteiger partial charge in [-0.1, -0.05) is 19.1 Å². The van der Waals surface area contributed by atoms with E-state index in [1.54, 1.807) is 0 Å². The van der Waals surface area contributed by atoms with Crippen LogP contribution in [0.1, 0.15) is 37.8 Å². The lowest BCUT2D eigenvalue weighted by atomic mass is 9.99. The molecule has 0 saturated carbocycles. The van der Waals surface area contributed by atoms with E-state index >= 15 is 0 Å². The maximum Gasteiger partial charge on any atom is 0.0479 e. The Labute approximate surface area is 147 Å². The van der Waals surface area contributed by atoms with Gasteiger partial charge in [-0.05, 0) is 50.0 Å². The zero-order valence-corrected chi connectivity index (χ0v) is 15.7. The first kappa shape index (κ1) is 17.7. The molecule has 0 amide bonds. The molecule has 0 spiro atoms. The van der Waals surface area contributed by atoms with Crippen molar-refractivity contribution in [1.29, 1.82) is 0 Å². The van der Waals surface area contributed by atoms with Gasteiger partial charge >= 0.3 is 0 Å². The molecule has 4 nitrogen and oxygen atoms in total. The predicted molar refractivity (Wildman–Crippen MR) is 103 cm³/mol. The van der Waals surface area contributed by atoms with Crippen molar-refractivity contribution < 1.29 is 0 Å². The lowest BCUT2D eigenvalue weighted by molar-refractivity contribution is 0.0799. The van der Waals surface area contributed by atoms with E-state index in [9.17, 15) is 0 Å². The number of hydrogen-bond donors (Lipinski definition) is 1. The second-order valence-electron chi connectivity index (χ2n) is 7.51. The number of likely N-dealkylation sites (tertiary alicyclic amines) is 1. The molecule has 2 atom stereocenters. The van der Waals surface area contributed by atoms with E-state index in [0.717, 1.165) is 19.6 Å².